The largest absolute Gasteiger partial charge is 0.490 e. The maximum absolute atomic E-state index is 9.19. The Bertz CT molecular complexity index is 1700. The van der Waals surface area contributed by atoms with Crippen LogP contribution < -0.4 is 20.1 Å². The zero-order valence-corrected chi connectivity index (χ0v) is 35.6. The van der Waals surface area contributed by atoms with Crippen molar-refractivity contribution < 1.29 is 42.9 Å². The summed E-state index contributed by atoms with van der Waals surface area (Å²) < 4.78 is 38.6. The molecule has 6 rings (SSSR count). The Kier molecular flexibility index (Phi) is 19.1. The van der Waals surface area contributed by atoms with Crippen LogP contribution >= 0.6 is 7.92 Å². The topological polar surface area (TPSA) is 84.9 Å². The van der Waals surface area contributed by atoms with Gasteiger partial charge in [-0.05, 0) is 99.3 Å². The van der Waals surface area contributed by atoms with Gasteiger partial charge in [-0.25, -0.2) is 0 Å². The first kappa shape index (κ1) is 44.7. The Hall–Kier alpha value is -2.72. The molecule has 0 saturated heterocycles. The Balaban J connectivity index is 0.000000312. The van der Waals surface area contributed by atoms with Crippen molar-refractivity contribution in [2.75, 3.05) is 18.6 Å². The van der Waals surface area contributed by atoms with Crippen LogP contribution in [0, 0.1) is 0 Å². The Morgan fingerprint density at radius 2 is 1.08 bits per heavy atom. The van der Waals surface area contributed by atoms with Gasteiger partial charge in [0, 0.05) is 38.7 Å². The van der Waals surface area contributed by atoms with Crippen molar-refractivity contribution in [3.05, 3.63) is 97.1 Å². The summed E-state index contributed by atoms with van der Waals surface area (Å²) in [5, 5.41) is 4.79. The van der Waals surface area contributed by atoms with Gasteiger partial charge in [-0.15, -0.1) is 0 Å². The fourth-order valence-corrected chi connectivity index (χ4v) is 11.3. The first-order valence-electron chi connectivity index (χ1n) is 19.0. The van der Waals surface area contributed by atoms with Crippen LogP contribution in [0.2, 0.25) is 0 Å². The van der Waals surface area contributed by atoms with E-state index in [1.807, 2.05) is 19.2 Å². The van der Waals surface area contributed by atoms with Gasteiger partial charge in [-0.1, -0.05) is 125 Å². The molecule has 4 aromatic rings. The maximum Gasteiger partial charge on any atom is 0.261 e. The van der Waals surface area contributed by atoms with Crippen LogP contribution in [0.1, 0.15) is 91.9 Å². The van der Waals surface area contributed by atoms with E-state index in [-0.39, 0.29) is 40.6 Å². The second-order valence-electron chi connectivity index (χ2n) is 14.4. The van der Waals surface area contributed by atoms with Crippen LogP contribution in [0.4, 0.5) is 5.69 Å². The third-order valence-corrected chi connectivity index (χ3v) is 12.9. The van der Waals surface area contributed by atoms with E-state index in [2.05, 4.69) is 118 Å². The summed E-state index contributed by atoms with van der Waals surface area (Å²) in [6, 6.07) is 34.3. The van der Waals surface area contributed by atoms with Gasteiger partial charge in [0.2, 0.25) is 0 Å². The first-order chi connectivity index (χ1) is 25.0. The second-order valence-corrected chi connectivity index (χ2v) is 18.6. The van der Waals surface area contributed by atoms with Crippen molar-refractivity contribution >= 4 is 29.0 Å². The summed E-state index contributed by atoms with van der Waals surface area (Å²) in [5.41, 5.74) is 7.91. The summed E-state index contributed by atoms with van der Waals surface area (Å²) >= 11 is 0. The van der Waals surface area contributed by atoms with Crippen LogP contribution in [-0.4, -0.2) is 49.8 Å². The number of hydrogen-bond donors (Lipinski definition) is 2. The number of benzene rings is 4. The molecule has 292 valence electrons. The molecule has 0 atom stereocenters. The minimum Gasteiger partial charge on any atom is -0.490 e. The average Bonchev–Trinajstić information content (AvgIpc) is 3.13. The van der Waals surface area contributed by atoms with Crippen LogP contribution in [0.15, 0.2) is 97.1 Å². The van der Waals surface area contributed by atoms with E-state index >= 15 is 0 Å². The minimum absolute atomic E-state index is 0. The Morgan fingerprint density at radius 3 is 1.55 bits per heavy atom. The van der Waals surface area contributed by atoms with Gasteiger partial charge in [0.05, 0.1) is 24.0 Å². The van der Waals surface area contributed by atoms with Gasteiger partial charge in [0.1, 0.15) is 11.5 Å². The van der Waals surface area contributed by atoms with Gasteiger partial charge in [0.25, 0.3) is 10.1 Å². The van der Waals surface area contributed by atoms with E-state index in [1.54, 1.807) is 5.30 Å². The molecule has 9 heteroatoms. The average molecular weight is 852 g/mol. The predicted octanol–water partition coefficient (Wildman–Crippen LogP) is 11.6. The van der Waals surface area contributed by atoms with E-state index in [0.717, 1.165) is 28.4 Å². The molecule has 0 radical (unpaired) electrons. The molecule has 2 fully saturated rings. The number of para-hydroxylation sites is 1. The third kappa shape index (κ3) is 14.5. The maximum atomic E-state index is 9.19. The smallest absolute Gasteiger partial charge is 0.261 e. The molecule has 0 aliphatic heterocycles. The Labute approximate surface area is 335 Å². The molecule has 0 bridgehead atoms. The number of rotatable bonds is 10. The van der Waals surface area contributed by atoms with Crippen molar-refractivity contribution in [3.8, 4) is 33.8 Å². The standard InChI is InChI=1S/C30H43O2P.C13H13N.CH4O3S.Pd/c1-22(2)31-27-19-13-20-28(32-23(3)4)30(27)26-18-11-12-21-29(26)33(24-14-7-5-8-15-24)25-16-9-6-10-17-25;1-14-13-10-6-5-9-12(13)11-7-3-2-4-8-11;1-5(2,3)4;/h11-13,18-25H,5-10,14-17H2,1-4H3;2-10,14H,1H3;1H3,(H,2,3,4);. The van der Waals surface area contributed by atoms with Gasteiger partial charge >= 0.3 is 0 Å². The van der Waals surface area contributed by atoms with E-state index in [0.29, 0.717) is 6.26 Å². The molecular formula is C44H60NO5PPdS. The van der Waals surface area contributed by atoms with E-state index in [4.69, 9.17) is 14.0 Å². The molecular weight excluding hydrogens is 792 g/mol. The molecule has 0 amide bonds. The van der Waals surface area contributed by atoms with E-state index in [9.17, 15) is 8.42 Å². The van der Waals surface area contributed by atoms with Crippen molar-refractivity contribution in [1.29, 1.82) is 0 Å². The molecule has 53 heavy (non-hydrogen) atoms. The van der Waals surface area contributed by atoms with Crippen LogP contribution in [0.3, 0.4) is 0 Å². The summed E-state index contributed by atoms with van der Waals surface area (Å²) in [6.45, 7) is 8.45. The van der Waals surface area contributed by atoms with Crippen LogP contribution in [0.5, 0.6) is 11.5 Å². The fourth-order valence-electron chi connectivity index (χ4n) is 7.37. The van der Waals surface area contributed by atoms with Crippen LogP contribution in [0.25, 0.3) is 22.3 Å². The van der Waals surface area contributed by atoms with Gasteiger partial charge < -0.3 is 14.8 Å². The second kappa shape index (κ2) is 22.6. The van der Waals surface area contributed by atoms with E-state index in [1.165, 1.54) is 86.6 Å². The molecule has 2 aliphatic rings. The summed E-state index contributed by atoms with van der Waals surface area (Å²) in [7, 11) is -1.93. The number of hydrogen-bond acceptors (Lipinski definition) is 5. The molecule has 4 aromatic carbocycles. The van der Waals surface area contributed by atoms with Crippen molar-refractivity contribution in [2.24, 2.45) is 0 Å². The Morgan fingerprint density at radius 1 is 0.642 bits per heavy atom. The quantitative estimate of drug-likeness (QED) is 0.0939. The molecule has 6 nitrogen and oxygen atoms in total. The van der Waals surface area contributed by atoms with Gasteiger partial charge in [-0.3, -0.25) is 4.55 Å². The molecule has 0 spiro atoms. The SMILES string of the molecule is CC(C)Oc1cccc(OC(C)C)c1-c1ccccc1P(C1CCCCC1)C1CCCCC1.CNc1ccccc1-c1ccccc1.CS(=O)(=O)O.[Pd]. The molecule has 0 heterocycles. The van der Waals surface area contributed by atoms with Gasteiger partial charge in [-0.2, -0.15) is 8.42 Å². The van der Waals surface area contributed by atoms with Gasteiger partial charge in [0.15, 0.2) is 0 Å². The van der Waals surface area contributed by atoms with Crippen LogP contribution in [-0.2, 0) is 30.5 Å². The molecule has 2 saturated carbocycles. The zero-order valence-electron chi connectivity index (χ0n) is 32.4. The zero-order chi connectivity index (χ0) is 37.5. The summed E-state index contributed by atoms with van der Waals surface area (Å²) in [6.07, 6.45) is 15.1. The molecule has 0 unspecified atom stereocenters. The van der Waals surface area contributed by atoms with E-state index < -0.39 is 10.1 Å². The van der Waals surface area contributed by atoms with Crippen molar-refractivity contribution in [1.82, 2.24) is 0 Å². The summed E-state index contributed by atoms with van der Waals surface area (Å²) in [5.74, 6) is 1.91. The third-order valence-electron chi connectivity index (χ3n) is 9.38. The predicted molar refractivity (Wildman–Crippen MR) is 223 cm³/mol. The normalized spacial score (nSPS) is 15.1. The number of nitrogens with one attached hydrogen (secondary N) is 1. The fraction of sp³-hybridized carbons (Fsp3) is 0.455. The molecule has 2 aliphatic carbocycles. The minimum atomic E-state index is -3.67. The monoisotopic (exact) mass is 851 g/mol. The van der Waals surface area contributed by atoms with Crippen molar-refractivity contribution in [2.45, 2.75) is 115 Å². The first-order valence-corrected chi connectivity index (χ1v) is 22.4. The number of ether oxygens (including phenoxy) is 2. The molecule has 2 N–H and O–H groups in total. The molecule has 0 aromatic heterocycles. The van der Waals surface area contributed by atoms with Crippen molar-refractivity contribution in [3.63, 3.8) is 0 Å². The summed E-state index contributed by atoms with van der Waals surface area (Å²) in [4.78, 5) is 0. The number of anilines is 1.